The van der Waals surface area contributed by atoms with Gasteiger partial charge in [-0.1, -0.05) is 0 Å². The summed E-state index contributed by atoms with van der Waals surface area (Å²) in [5.41, 5.74) is 3.57. The quantitative estimate of drug-likeness (QED) is 0.393. The average Bonchev–Trinajstić information content (AvgIpc) is 3.11. The molecule has 1 aromatic heterocycles. The summed E-state index contributed by atoms with van der Waals surface area (Å²) < 4.78 is 10.1. The van der Waals surface area contributed by atoms with Gasteiger partial charge in [0.25, 0.3) is 5.91 Å². The zero-order chi connectivity index (χ0) is 20.0. The van der Waals surface area contributed by atoms with Gasteiger partial charge in [-0.05, 0) is 45.3 Å². The summed E-state index contributed by atoms with van der Waals surface area (Å²) in [6.07, 6.45) is 5.10. The lowest BCUT2D eigenvalue weighted by atomic mass is 10.0. The number of aromatic nitrogens is 1. The van der Waals surface area contributed by atoms with E-state index in [1.165, 1.54) is 13.2 Å². The van der Waals surface area contributed by atoms with Gasteiger partial charge in [-0.3, -0.25) is 14.4 Å². The first kappa shape index (κ1) is 20.5. The molecule has 7 nitrogen and oxygen atoms in total. The summed E-state index contributed by atoms with van der Waals surface area (Å²) in [4.78, 5) is 38.7. The van der Waals surface area contributed by atoms with Crippen molar-refractivity contribution in [3.8, 4) is 0 Å². The van der Waals surface area contributed by atoms with Crippen LogP contribution in [0.3, 0.4) is 0 Å². The predicted octanol–water partition coefficient (Wildman–Crippen LogP) is 2.94. The van der Waals surface area contributed by atoms with Crippen molar-refractivity contribution in [1.82, 2.24) is 10.3 Å². The number of rotatable bonds is 9. The van der Waals surface area contributed by atoms with E-state index in [0.29, 0.717) is 49.3 Å². The second kappa shape index (κ2) is 9.21. The Hall–Kier alpha value is -2.83. The van der Waals surface area contributed by atoms with Crippen molar-refractivity contribution < 1.29 is 23.9 Å². The molecular formula is C20H26N2O5. The molecule has 0 aromatic carbocycles. The van der Waals surface area contributed by atoms with E-state index in [9.17, 15) is 14.4 Å². The maximum absolute atomic E-state index is 12.6. The van der Waals surface area contributed by atoms with Gasteiger partial charge >= 0.3 is 5.97 Å². The molecule has 0 unspecified atom stereocenters. The molecule has 1 aliphatic rings. The molecular weight excluding hydrogens is 348 g/mol. The van der Waals surface area contributed by atoms with Crippen LogP contribution in [-0.2, 0) is 19.1 Å². The summed E-state index contributed by atoms with van der Waals surface area (Å²) in [6.45, 7) is 5.86. The van der Waals surface area contributed by atoms with Gasteiger partial charge in [-0.15, -0.1) is 0 Å². The van der Waals surface area contributed by atoms with Crippen LogP contribution < -0.4 is 5.32 Å². The third-order valence-electron chi connectivity index (χ3n) is 4.39. The van der Waals surface area contributed by atoms with Gasteiger partial charge in [0.2, 0.25) is 0 Å². The molecule has 146 valence electrons. The molecule has 1 amide bonds. The number of hydrogen-bond donors (Lipinski definition) is 2. The summed E-state index contributed by atoms with van der Waals surface area (Å²) >= 11 is 0. The number of carbonyl (C=O) groups is 3. The highest BCUT2D eigenvalue weighted by molar-refractivity contribution is 6.00. The first-order chi connectivity index (χ1) is 12.9. The number of methoxy groups -OCH3 is 1. The molecule has 2 rings (SSSR count). The fraction of sp³-hybridized carbons (Fsp3) is 0.450. The number of aryl methyl sites for hydroxylation is 1. The zero-order valence-corrected chi connectivity index (χ0v) is 16.2. The number of ether oxygens (including phenoxy) is 2. The van der Waals surface area contributed by atoms with Gasteiger partial charge in [-0.2, -0.15) is 0 Å². The largest absolute Gasteiger partial charge is 0.494 e. The smallest absolute Gasteiger partial charge is 0.305 e. The van der Waals surface area contributed by atoms with Crippen molar-refractivity contribution in [1.29, 1.82) is 0 Å². The maximum atomic E-state index is 12.6. The molecule has 0 fully saturated rings. The molecule has 27 heavy (non-hydrogen) atoms. The van der Waals surface area contributed by atoms with Crippen LogP contribution in [0.15, 0.2) is 17.5 Å². The standard InChI is InChI=1S/C20H26N2O5/c1-5-27-19(25)9-7-6-8-16(23)20-12(2)14(21-13(20)3)10-15-17(26-4)11-18(24)22-15/h10-11,21H,5-9H2,1-4H3,(H,22,24)/b15-10-. The summed E-state index contributed by atoms with van der Waals surface area (Å²) in [5, 5.41) is 2.71. The lowest BCUT2D eigenvalue weighted by molar-refractivity contribution is -0.143. The third kappa shape index (κ3) is 5.09. The van der Waals surface area contributed by atoms with Gasteiger partial charge < -0.3 is 19.8 Å². The van der Waals surface area contributed by atoms with Crippen LogP contribution in [0.5, 0.6) is 0 Å². The van der Waals surface area contributed by atoms with Crippen molar-refractivity contribution in [3.05, 3.63) is 40.0 Å². The molecule has 1 aliphatic heterocycles. The number of amides is 1. The summed E-state index contributed by atoms with van der Waals surface area (Å²) in [7, 11) is 1.50. The molecule has 0 spiro atoms. The van der Waals surface area contributed by atoms with Crippen molar-refractivity contribution in [2.45, 2.75) is 46.5 Å². The molecule has 7 heteroatoms. The first-order valence-electron chi connectivity index (χ1n) is 9.04. The van der Waals surface area contributed by atoms with Crippen LogP contribution in [0.25, 0.3) is 6.08 Å². The number of esters is 1. The Morgan fingerprint density at radius 2 is 1.89 bits per heavy atom. The number of unbranched alkanes of at least 4 members (excludes halogenated alkanes) is 1. The van der Waals surface area contributed by atoms with Crippen molar-refractivity contribution in [2.75, 3.05) is 13.7 Å². The van der Waals surface area contributed by atoms with Crippen LogP contribution >= 0.6 is 0 Å². The Kier molecular flexibility index (Phi) is 6.98. The van der Waals surface area contributed by atoms with Crippen molar-refractivity contribution >= 4 is 23.7 Å². The van der Waals surface area contributed by atoms with Crippen LogP contribution in [-0.4, -0.2) is 36.4 Å². The van der Waals surface area contributed by atoms with Crippen molar-refractivity contribution in [2.24, 2.45) is 0 Å². The number of H-pyrrole nitrogens is 1. The predicted molar refractivity (Wildman–Crippen MR) is 101 cm³/mol. The molecule has 0 saturated heterocycles. The summed E-state index contributed by atoms with van der Waals surface area (Å²) in [5.74, 6) is 0.0247. The molecule has 0 aliphatic carbocycles. The molecule has 0 bridgehead atoms. The minimum Gasteiger partial charge on any atom is -0.494 e. The Bertz CT molecular complexity index is 802. The van der Waals surface area contributed by atoms with Crippen LogP contribution in [0.2, 0.25) is 0 Å². The number of aromatic amines is 1. The molecule has 2 heterocycles. The van der Waals surface area contributed by atoms with Gasteiger partial charge in [0.15, 0.2) is 5.78 Å². The number of ketones is 1. The molecule has 0 radical (unpaired) electrons. The second-order valence-electron chi connectivity index (χ2n) is 6.36. The van der Waals surface area contributed by atoms with E-state index in [0.717, 1.165) is 17.0 Å². The molecule has 2 N–H and O–H groups in total. The minimum absolute atomic E-state index is 0.0349. The van der Waals surface area contributed by atoms with E-state index in [2.05, 4.69) is 10.3 Å². The Labute approximate surface area is 158 Å². The van der Waals surface area contributed by atoms with Gasteiger partial charge in [0, 0.05) is 35.9 Å². The normalized spacial score (nSPS) is 14.9. The van der Waals surface area contributed by atoms with Gasteiger partial charge in [0.1, 0.15) is 5.76 Å². The maximum Gasteiger partial charge on any atom is 0.305 e. The van der Waals surface area contributed by atoms with E-state index in [4.69, 9.17) is 9.47 Å². The number of nitrogens with one attached hydrogen (secondary N) is 2. The van der Waals surface area contributed by atoms with E-state index in [1.54, 1.807) is 13.0 Å². The summed E-state index contributed by atoms with van der Waals surface area (Å²) in [6, 6.07) is 0. The highest BCUT2D eigenvalue weighted by atomic mass is 16.5. The third-order valence-corrected chi connectivity index (χ3v) is 4.39. The van der Waals surface area contributed by atoms with E-state index in [1.807, 2.05) is 13.8 Å². The molecule has 0 saturated carbocycles. The Balaban J connectivity index is 2.05. The van der Waals surface area contributed by atoms with Crippen LogP contribution in [0.4, 0.5) is 0 Å². The van der Waals surface area contributed by atoms with E-state index in [-0.39, 0.29) is 17.7 Å². The molecule has 1 aromatic rings. The first-order valence-corrected chi connectivity index (χ1v) is 9.04. The highest BCUT2D eigenvalue weighted by Gasteiger charge is 2.21. The Morgan fingerprint density at radius 3 is 2.56 bits per heavy atom. The van der Waals surface area contributed by atoms with Crippen LogP contribution in [0.1, 0.15) is 59.9 Å². The van der Waals surface area contributed by atoms with Crippen molar-refractivity contribution in [3.63, 3.8) is 0 Å². The average molecular weight is 374 g/mol. The fourth-order valence-electron chi connectivity index (χ4n) is 3.10. The second-order valence-corrected chi connectivity index (χ2v) is 6.36. The van der Waals surface area contributed by atoms with E-state index < -0.39 is 0 Å². The highest BCUT2D eigenvalue weighted by Crippen LogP contribution is 2.25. The fourth-order valence-corrected chi connectivity index (χ4v) is 3.10. The Morgan fingerprint density at radius 1 is 1.19 bits per heavy atom. The number of carbonyl (C=O) groups excluding carboxylic acids is 3. The molecule has 0 atom stereocenters. The monoisotopic (exact) mass is 374 g/mol. The minimum atomic E-state index is -0.239. The SMILES string of the molecule is CCOC(=O)CCCCC(=O)c1c(C)[nH]c(/C=C2\NC(=O)C=C2OC)c1C. The zero-order valence-electron chi connectivity index (χ0n) is 16.2. The lowest BCUT2D eigenvalue weighted by Crippen LogP contribution is -2.13. The lowest BCUT2D eigenvalue weighted by Gasteiger charge is -2.05. The van der Waals surface area contributed by atoms with Gasteiger partial charge in [0.05, 0.1) is 19.4 Å². The number of Topliss-reactive ketones (excluding diaryl/α,β-unsaturated/α-hetero) is 1. The topological polar surface area (TPSA) is 97.5 Å². The number of hydrogen-bond acceptors (Lipinski definition) is 5. The van der Waals surface area contributed by atoms with Gasteiger partial charge in [-0.25, -0.2) is 0 Å². The van der Waals surface area contributed by atoms with Crippen LogP contribution in [0, 0.1) is 13.8 Å². The van der Waals surface area contributed by atoms with E-state index >= 15 is 0 Å².